The van der Waals surface area contributed by atoms with E-state index in [1.807, 2.05) is 6.92 Å². The Balaban J connectivity index is 2.89. The normalized spacial score (nSPS) is 19.9. The van der Waals surface area contributed by atoms with Crippen LogP contribution >= 0.6 is 0 Å². The summed E-state index contributed by atoms with van der Waals surface area (Å²) in [6.07, 6.45) is 3.03. The first-order chi connectivity index (χ1) is 14.7. The summed E-state index contributed by atoms with van der Waals surface area (Å²) >= 11 is 0. The Morgan fingerprint density at radius 1 is 1.19 bits per heavy atom. The van der Waals surface area contributed by atoms with Crippen molar-refractivity contribution in [2.24, 2.45) is 17.4 Å². The van der Waals surface area contributed by atoms with E-state index >= 15 is 0 Å². The average Bonchev–Trinajstić information content (AvgIpc) is 3.24. The van der Waals surface area contributed by atoms with Crippen LogP contribution < -0.4 is 22.1 Å². The molecule has 0 aromatic heterocycles. The molecule has 5 atom stereocenters. The van der Waals surface area contributed by atoms with E-state index in [1.54, 1.807) is 6.92 Å². The van der Waals surface area contributed by atoms with Crippen molar-refractivity contribution in [3.05, 3.63) is 0 Å². The van der Waals surface area contributed by atoms with Gasteiger partial charge in [-0.15, -0.1) is 0 Å². The lowest BCUT2D eigenvalue weighted by molar-refractivity contribution is -0.143. The van der Waals surface area contributed by atoms with Crippen molar-refractivity contribution in [2.75, 3.05) is 19.7 Å². The van der Waals surface area contributed by atoms with E-state index in [9.17, 15) is 24.3 Å². The average molecular weight is 444 g/mol. The van der Waals surface area contributed by atoms with Crippen molar-refractivity contribution in [3.63, 3.8) is 0 Å². The third-order valence-corrected chi connectivity index (χ3v) is 5.71. The molecule has 1 aliphatic heterocycles. The SMILES string of the molecule is CCC(C)C(NC(=O)C1CCCN1C(=O)C(N)CO)C(=O)NC(CCCCN)C(=O)O. The molecule has 0 aromatic rings. The zero-order valence-corrected chi connectivity index (χ0v) is 18.4. The first-order valence-electron chi connectivity index (χ1n) is 10.9. The number of aliphatic hydroxyl groups excluding tert-OH is 1. The Bertz CT molecular complexity index is 631. The monoisotopic (exact) mass is 443 g/mol. The lowest BCUT2D eigenvalue weighted by atomic mass is 9.97. The molecule has 5 unspecified atom stereocenters. The first-order valence-corrected chi connectivity index (χ1v) is 10.9. The number of unbranched alkanes of at least 4 members (excludes halogenated alkanes) is 1. The van der Waals surface area contributed by atoms with Crippen LogP contribution in [0.3, 0.4) is 0 Å². The molecule has 11 nitrogen and oxygen atoms in total. The molecule has 178 valence electrons. The van der Waals surface area contributed by atoms with Crippen molar-refractivity contribution >= 4 is 23.7 Å². The molecule has 1 rings (SSSR count). The summed E-state index contributed by atoms with van der Waals surface area (Å²) in [5.41, 5.74) is 11.1. The second-order valence-corrected chi connectivity index (χ2v) is 8.03. The molecule has 3 amide bonds. The van der Waals surface area contributed by atoms with Gasteiger partial charge in [-0.25, -0.2) is 4.79 Å². The smallest absolute Gasteiger partial charge is 0.326 e. The van der Waals surface area contributed by atoms with Gasteiger partial charge in [-0.1, -0.05) is 20.3 Å². The van der Waals surface area contributed by atoms with Crippen molar-refractivity contribution in [1.29, 1.82) is 0 Å². The van der Waals surface area contributed by atoms with Crippen molar-refractivity contribution < 1.29 is 29.4 Å². The number of carbonyl (C=O) groups excluding carboxylic acids is 3. The number of carbonyl (C=O) groups is 4. The van der Waals surface area contributed by atoms with Crippen molar-refractivity contribution in [1.82, 2.24) is 15.5 Å². The number of nitrogens with zero attached hydrogens (tertiary/aromatic N) is 1. The molecule has 0 spiro atoms. The molecule has 1 fully saturated rings. The Labute approximate surface area is 182 Å². The number of rotatable bonds is 13. The Hall–Kier alpha value is -2.24. The molecular formula is C20H37N5O6. The van der Waals surface area contributed by atoms with Crippen LogP contribution in [0.2, 0.25) is 0 Å². The second-order valence-electron chi connectivity index (χ2n) is 8.03. The van der Waals surface area contributed by atoms with Gasteiger partial charge >= 0.3 is 5.97 Å². The van der Waals surface area contributed by atoms with Crippen LogP contribution in [0.4, 0.5) is 0 Å². The number of nitrogens with one attached hydrogen (secondary N) is 2. The molecule has 0 saturated carbocycles. The Morgan fingerprint density at radius 3 is 2.42 bits per heavy atom. The quantitative estimate of drug-likeness (QED) is 0.186. The molecule has 0 aromatic carbocycles. The van der Waals surface area contributed by atoms with Gasteiger partial charge < -0.3 is 37.2 Å². The first kappa shape index (κ1) is 26.8. The lowest BCUT2D eigenvalue weighted by Gasteiger charge is -2.30. The number of aliphatic hydroxyl groups is 1. The predicted molar refractivity (Wildman–Crippen MR) is 114 cm³/mol. The second kappa shape index (κ2) is 13.2. The van der Waals surface area contributed by atoms with E-state index in [0.717, 1.165) is 0 Å². The summed E-state index contributed by atoms with van der Waals surface area (Å²) in [5.74, 6) is -2.99. The lowest BCUT2D eigenvalue weighted by Crippen LogP contribution is -2.58. The Kier molecular flexibility index (Phi) is 11.4. The summed E-state index contributed by atoms with van der Waals surface area (Å²) in [6, 6.07) is -3.91. The number of hydrogen-bond donors (Lipinski definition) is 6. The molecule has 0 bridgehead atoms. The fourth-order valence-electron chi connectivity index (χ4n) is 3.56. The van der Waals surface area contributed by atoms with E-state index in [0.29, 0.717) is 45.2 Å². The molecule has 1 saturated heterocycles. The van der Waals surface area contributed by atoms with Crippen LogP contribution in [0.5, 0.6) is 0 Å². The number of likely N-dealkylation sites (tertiary alicyclic amines) is 1. The van der Waals surface area contributed by atoms with Gasteiger partial charge in [-0.05, 0) is 44.6 Å². The maximum absolute atomic E-state index is 12.9. The van der Waals surface area contributed by atoms with Gasteiger partial charge in [0.1, 0.15) is 24.2 Å². The number of amides is 3. The molecular weight excluding hydrogens is 406 g/mol. The number of hydrogen-bond acceptors (Lipinski definition) is 7. The minimum Gasteiger partial charge on any atom is -0.480 e. The van der Waals surface area contributed by atoms with E-state index < -0.39 is 54.5 Å². The van der Waals surface area contributed by atoms with E-state index in [4.69, 9.17) is 16.6 Å². The summed E-state index contributed by atoms with van der Waals surface area (Å²) in [7, 11) is 0. The van der Waals surface area contributed by atoms with E-state index in [2.05, 4.69) is 10.6 Å². The van der Waals surface area contributed by atoms with Crippen LogP contribution in [-0.4, -0.2) is 82.7 Å². The van der Waals surface area contributed by atoms with Crippen LogP contribution in [-0.2, 0) is 19.2 Å². The van der Waals surface area contributed by atoms with Gasteiger partial charge in [0.25, 0.3) is 0 Å². The minimum atomic E-state index is -1.15. The fraction of sp³-hybridized carbons (Fsp3) is 0.800. The molecule has 0 aliphatic carbocycles. The van der Waals surface area contributed by atoms with Gasteiger partial charge in [0.05, 0.1) is 6.61 Å². The molecule has 1 aliphatic rings. The predicted octanol–water partition coefficient (Wildman–Crippen LogP) is -1.47. The van der Waals surface area contributed by atoms with Gasteiger partial charge in [0.2, 0.25) is 17.7 Å². The van der Waals surface area contributed by atoms with E-state index in [-0.39, 0.29) is 12.3 Å². The highest BCUT2D eigenvalue weighted by molar-refractivity contribution is 5.94. The Morgan fingerprint density at radius 2 is 1.87 bits per heavy atom. The minimum absolute atomic E-state index is 0.239. The number of aliphatic carboxylic acids is 1. The maximum atomic E-state index is 12.9. The highest BCUT2D eigenvalue weighted by Crippen LogP contribution is 2.19. The number of nitrogens with two attached hydrogens (primary N) is 2. The number of carboxylic acids is 1. The third-order valence-electron chi connectivity index (χ3n) is 5.71. The summed E-state index contributed by atoms with van der Waals surface area (Å²) < 4.78 is 0. The topological polar surface area (TPSA) is 188 Å². The highest BCUT2D eigenvalue weighted by atomic mass is 16.4. The van der Waals surface area contributed by atoms with E-state index in [1.165, 1.54) is 4.90 Å². The zero-order chi connectivity index (χ0) is 23.6. The molecule has 0 radical (unpaired) electrons. The molecule has 1 heterocycles. The van der Waals surface area contributed by atoms with Crippen LogP contribution in [0.15, 0.2) is 0 Å². The van der Waals surface area contributed by atoms with Crippen LogP contribution in [0.1, 0.15) is 52.4 Å². The largest absolute Gasteiger partial charge is 0.480 e. The zero-order valence-electron chi connectivity index (χ0n) is 18.4. The standard InChI is InChI=1S/C20H37N5O6/c1-3-12(2)16(18(28)23-14(20(30)31)7-4-5-9-21)24-17(27)15-8-6-10-25(15)19(29)13(22)11-26/h12-16,26H,3-11,21-22H2,1-2H3,(H,23,28)(H,24,27)(H,30,31). The fourth-order valence-corrected chi connectivity index (χ4v) is 3.56. The van der Waals surface area contributed by atoms with Gasteiger partial charge in [-0.2, -0.15) is 0 Å². The highest BCUT2D eigenvalue weighted by Gasteiger charge is 2.38. The molecule has 11 heteroatoms. The summed E-state index contributed by atoms with van der Waals surface area (Å²) in [6.45, 7) is 3.89. The van der Waals surface area contributed by atoms with Gasteiger partial charge in [-0.3, -0.25) is 14.4 Å². The van der Waals surface area contributed by atoms with Gasteiger partial charge in [0.15, 0.2) is 0 Å². The van der Waals surface area contributed by atoms with Crippen LogP contribution in [0.25, 0.3) is 0 Å². The maximum Gasteiger partial charge on any atom is 0.326 e. The summed E-state index contributed by atoms with van der Waals surface area (Å²) in [4.78, 5) is 51.0. The third kappa shape index (κ3) is 7.75. The van der Waals surface area contributed by atoms with Crippen molar-refractivity contribution in [3.8, 4) is 0 Å². The number of carboxylic acid groups (broad SMARTS) is 1. The summed E-state index contributed by atoms with van der Waals surface area (Å²) in [5, 5.41) is 23.8. The van der Waals surface area contributed by atoms with Crippen molar-refractivity contribution in [2.45, 2.75) is 76.5 Å². The van der Waals surface area contributed by atoms with Crippen LogP contribution in [0, 0.1) is 5.92 Å². The molecule has 8 N–H and O–H groups in total. The van der Waals surface area contributed by atoms with Gasteiger partial charge in [0, 0.05) is 6.54 Å². The molecule has 31 heavy (non-hydrogen) atoms.